The first kappa shape index (κ1) is 12.0. The molecule has 0 atom stereocenters. The Morgan fingerprint density at radius 1 is 1.59 bits per heavy atom. The molecule has 1 saturated heterocycles. The molecule has 0 aliphatic carbocycles. The largest absolute Gasteiger partial charge is 0.339 e. The van der Waals surface area contributed by atoms with Gasteiger partial charge in [-0.2, -0.15) is 0 Å². The lowest BCUT2D eigenvalue weighted by molar-refractivity contribution is -0.132. The molecule has 0 saturated carbocycles. The Hall–Kier alpha value is -1.42. The fourth-order valence-corrected chi connectivity index (χ4v) is 2.14. The van der Waals surface area contributed by atoms with Gasteiger partial charge < -0.3 is 10.2 Å². The van der Waals surface area contributed by atoms with Crippen molar-refractivity contribution in [1.82, 2.24) is 15.2 Å². The third kappa shape index (κ3) is 3.27. The minimum atomic E-state index is 0.0167. The zero-order chi connectivity index (χ0) is 12.3. The number of amides is 1. The van der Waals surface area contributed by atoms with Crippen LogP contribution in [0.15, 0.2) is 24.5 Å². The monoisotopic (exact) mass is 233 g/mol. The summed E-state index contributed by atoms with van der Waals surface area (Å²) in [5.74, 6) is 0.188. The molecule has 1 aliphatic heterocycles. The number of nitrogens with one attached hydrogen (secondary N) is 1. The number of piperazine rings is 1. The summed E-state index contributed by atoms with van der Waals surface area (Å²) < 4.78 is 0. The van der Waals surface area contributed by atoms with E-state index < -0.39 is 0 Å². The number of hydrogen-bond acceptors (Lipinski definition) is 3. The van der Waals surface area contributed by atoms with Crippen molar-refractivity contribution in [2.75, 3.05) is 19.6 Å². The first-order chi connectivity index (χ1) is 8.07. The zero-order valence-electron chi connectivity index (χ0n) is 10.4. The van der Waals surface area contributed by atoms with Gasteiger partial charge in [0.25, 0.3) is 0 Å². The Bertz CT molecular complexity index is 389. The lowest BCUT2D eigenvalue weighted by atomic mass is 10.0. The highest BCUT2D eigenvalue weighted by atomic mass is 16.2. The highest BCUT2D eigenvalue weighted by Crippen LogP contribution is 2.11. The van der Waals surface area contributed by atoms with E-state index in [1.807, 2.05) is 17.0 Å². The topological polar surface area (TPSA) is 45.2 Å². The van der Waals surface area contributed by atoms with E-state index in [2.05, 4.69) is 24.1 Å². The van der Waals surface area contributed by atoms with Crippen LogP contribution in [0.4, 0.5) is 0 Å². The van der Waals surface area contributed by atoms with Gasteiger partial charge in [-0.25, -0.2) is 0 Å². The van der Waals surface area contributed by atoms with Crippen molar-refractivity contribution in [3.05, 3.63) is 30.1 Å². The summed E-state index contributed by atoms with van der Waals surface area (Å²) in [6, 6.07) is 3.81. The molecule has 1 aromatic rings. The van der Waals surface area contributed by atoms with Gasteiger partial charge >= 0.3 is 0 Å². The number of carbonyl (C=O) groups excluding carboxylic acids is 1. The second-order valence-corrected chi connectivity index (χ2v) is 5.16. The highest BCUT2D eigenvalue weighted by Gasteiger charge is 2.28. The number of aromatic nitrogens is 1. The van der Waals surface area contributed by atoms with E-state index in [1.54, 1.807) is 12.4 Å². The van der Waals surface area contributed by atoms with Crippen molar-refractivity contribution >= 4 is 5.91 Å². The summed E-state index contributed by atoms with van der Waals surface area (Å²) in [6.07, 6.45) is 3.93. The van der Waals surface area contributed by atoms with Crippen LogP contribution in [-0.2, 0) is 11.2 Å². The number of nitrogens with zero attached hydrogens (tertiary/aromatic N) is 2. The summed E-state index contributed by atoms with van der Waals surface area (Å²) in [7, 11) is 0. The predicted octanol–water partition coefficient (Wildman–Crippen LogP) is 0.835. The van der Waals surface area contributed by atoms with E-state index >= 15 is 0 Å². The van der Waals surface area contributed by atoms with Crippen molar-refractivity contribution in [1.29, 1.82) is 0 Å². The summed E-state index contributed by atoms with van der Waals surface area (Å²) in [6.45, 7) is 6.67. The number of rotatable bonds is 2. The Labute approximate surface area is 102 Å². The van der Waals surface area contributed by atoms with Gasteiger partial charge in [0.05, 0.1) is 6.42 Å². The molecule has 2 rings (SSSR count). The molecule has 0 spiro atoms. The minimum Gasteiger partial charge on any atom is -0.339 e. The van der Waals surface area contributed by atoms with E-state index in [0.717, 1.165) is 25.2 Å². The maximum Gasteiger partial charge on any atom is 0.227 e. The molecule has 1 amide bonds. The van der Waals surface area contributed by atoms with Crippen molar-refractivity contribution < 1.29 is 4.79 Å². The Balaban J connectivity index is 1.96. The van der Waals surface area contributed by atoms with Crippen LogP contribution in [-0.4, -0.2) is 41.0 Å². The predicted molar refractivity (Wildman–Crippen MR) is 66.6 cm³/mol. The smallest absolute Gasteiger partial charge is 0.227 e. The lowest BCUT2D eigenvalue weighted by Crippen LogP contribution is -2.58. The fourth-order valence-electron chi connectivity index (χ4n) is 2.14. The van der Waals surface area contributed by atoms with Gasteiger partial charge in [-0.1, -0.05) is 6.07 Å². The van der Waals surface area contributed by atoms with Crippen LogP contribution in [0.3, 0.4) is 0 Å². The van der Waals surface area contributed by atoms with Gasteiger partial charge in [-0.15, -0.1) is 0 Å². The van der Waals surface area contributed by atoms with Crippen molar-refractivity contribution in [3.63, 3.8) is 0 Å². The lowest BCUT2D eigenvalue weighted by Gasteiger charge is -2.39. The van der Waals surface area contributed by atoms with Crippen LogP contribution in [0.5, 0.6) is 0 Å². The van der Waals surface area contributed by atoms with E-state index in [-0.39, 0.29) is 11.4 Å². The van der Waals surface area contributed by atoms with E-state index in [0.29, 0.717) is 6.42 Å². The molecule has 4 heteroatoms. The number of pyridine rings is 1. The normalized spacial score (nSPS) is 19.1. The van der Waals surface area contributed by atoms with E-state index in [1.165, 1.54) is 0 Å². The van der Waals surface area contributed by atoms with Crippen LogP contribution in [0.2, 0.25) is 0 Å². The van der Waals surface area contributed by atoms with Crippen LogP contribution >= 0.6 is 0 Å². The third-order valence-electron chi connectivity index (χ3n) is 3.00. The molecule has 4 nitrogen and oxygen atoms in total. The molecule has 17 heavy (non-hydrogen) atoms. The van der Waals surface area contributed by atoms with Gasteiger partial charge in [0.1, 0.15) is 0 Å². The first-order valence-electron chi connectivity index (χ1n) is 5.98. The van der Waals surface area contributed by atoms with Crippen LogP contribution < -0.4 is 5.32 Å². The summed E-state index contributed by atoms with van der Waals surface area (Å²) in [4.78, 5) is 18.1. The van der Waals surface area contributed by atoms with Crippen LogP contribution in [0, 0.1) is 0 Å². The molecule has 0 aromatic carbocycles. The second kappa shape index (κ2) is 4.84. The Kier molecular flexibility index (Phi) is 3.43. The molecule has 1 fully saturated rings. The van der Waals surface area contributed by atoms with Crippen LogP contribution in [0.25, 0.3) is 0 Å². The molecule has 1 aromatic heterocycles. The molecule has 0 bridgehead atoms. The first-order valence-corrected chi connectivity index (χ1v) is 5.98. The molecule has 92 valence electrons. The Morgan fingerprint density at radius 2 is 2.41 bits per heavy atom. The third-order valence-corrected chi connectivity index (χ3v) is 3.00. The fraction of sp³-hybridized carbons (Fsp3) is 0.538. The quantitative estimate of drug-likeness (QED) is 0.823. The highest BCUT2D eigenvalue weighted by molar-refractivity contribution is 5.78. The molecular weight excluding hydrogens is 214 g/mol. The average molecular weight is 233 g/mol. The maximum atomic E-state index is 12.1. The second-order valence-electron chi connectivity index (χ2n) is 5.16. The van der Waals surface area contributed by atoms with Gasteiger partial charge in [-0.05, 0) is 25.5 Å². The van der Waals surface area contributed by atoms with Gasteiger partial charge in [0.2, 0.25) is 5.91 Å². The van der Waals surface area contributed by atoms with Gasteiger partial charge in [-0.3, -0.25) is 9.78 Å². The summed E-state index contributed by atoms with van der Waals surface area (Å²) >= 11 is 0. The summed E-state index contributed by atoms with van der Waals surface area (Å²) in [5, 5.41) is 3.40. The Morgan fingerprint density at radius 3 is 3.06 bits per heavy atom. The zero-order valence-corrected chi connectivity index (χ0v) is 10.4. The van der Waals surface area contributed by atoms with Crippen LogP contribution in [0.1, 0.15) is 19.4 Å². The standard InChI is InChI=1S/C13H19N3O/c1-13(2)10-16(7-6-15-13)12(17)8-11-4-3-5-14-9-11/h3-5,9,15H,6-8,10H2,1-2H3. The maximum absolute atomic E-state index is 12.1. The SMILES string of the molecule is CC1(C)CN(C(=O)Cc2cccnc2)CCN1. The molecule has 0 unspecified atom stereocenters. The molecule has 0 radical (unpaired) electrons. The van der Waals surface area contributed by atoms with Gasteiger partial charge in [0, 0.05) is 37.6 Å². The summed E-state index contributed by atoms with van der Waals surface area (Å²) in [5.41, 5.74) is 0.997. The van der Waals surface area contributed by atoms with E-state index in [9.17, 15) is 4.79 Å². The molecule has 1 aliphatic rings. The van der Waals surface area contributed by atoms with Gasteiger partial charge in [0.15, 0.2) is 0 Å². The molecule has 1 N–H and O–H groups in total. The van der Waals surface area contributed by atoms with Crippen molar-refractivity contribution in [2.45, 2.75) is 25.8 Å². The minimum absolute atomic E-state index is 0.0167. The van der Waals surface area contributed by atoms with E-state index in [4.69, 9.17) is 0 Å². The average Bonchev–Trinajstić information content (AvgIpc) is 2.29. The number of hydrogen-bond donors (Lipinski definition) is 1. The van der Waals surface area contributed by atoms with Crippen molar-refractivity contribution in [2.24, 2.45) is 0 Å². The molecule has 2 heterocycles. The number of carbonyl (C=O) groups is 1. The van der Waals surface area contributed by atoms with Crippen molar-refractivity contribution in [3.8, 4) is 0 Å². The molecular formula is C13H19N3O.